The van der Waals surface area contributed by atoms with Crippen LogP contribution in [0.2, 0.25) is 0 Å². The van der Waals surface area contributed by atoms with Gasteiger partial charge >= 0.3 is 0 Å². The van der Waals surface area contributed by atoms with Crippen LogP contribution in [0.1, 0.15) is 29.2 Å². The lowest BCUT2D eigenvalue weighted by molar-refractivity contribution is 0.0456. The normalized spacial score (nSPS) is 26.1. The second-order valence-corrected chi connectivity index (χ2v) is 8.50. The summed E-state index contributed by atoms with van der Waals surface area (Å²) in [5, 5.41) is 9.65. The second kappa shape index (κ2) is 9.83. The SMILES string of the molecule is Cc1ccccc1CN1CCN(CC2CNNC2c2ccccc2)CC1CCO. The Kier molecular flexibility index (Phi) is 6.95. The largest absolute Gasteiger partial charge is 0.396 e. The van der Waals surface area contributed by atoms with Crippen molar-refractivity contribution in [1.82, 2.24) is 20.7 Å². The molecule has 3 N–H and O–H groups in total. The van der Waals surface area contributed by atoms with Crippen molar-refractivity contribution in [3.8, 4) is 0 Å². The molecule has 2 aliphatic rings. The Hall–Kier alpha value is -1.76. The topological polar surface area (TPSA) is 50.8 Å². The number of benzene rings is 2. The molecule has 0 amide bonds. The van der Waals surface area contributed by atoms with E-state index < -0.39 is 0 Å². The Morgan fingerprint density at radius 2 is 1.83 bits per heavy atom. The van der Waals surface area contributed by atoms with Crippen LogP contribution in [0.15, 0.2) is 54.6 Å². The molecule has 2 heterocycles. The van der Waals surface area contributed by atoms with Crippen molar-refractivity contribution in [2.24, 2.45) is 5.92 Å². The van der Waals surface area contributed by atoms with Crippen molar-refractivity contribution in [2.75, 3.05) is 39.3 Å². The zero-order chi connectivity index (χ0) is 20.1. The van der Waals surface area contributed by atoms with Crippen molar-refractivity contribution in [3.05, 3.63) is 71.3 Å². The van der Waals surface area contributed by atoms with Gasteiger partial charge in [-0.15, -0.1) is 0 Å². The molecular formula is C24H34N4O. The average Bonchev–Trinajstić information content (AvgIpc) is 3.20. The summed E-state index contributed by atoms with van der Waals surface area (Å²) in [6.07, 6.45) is 0.839. The molecule has 0 bridgehead atoms. The maximum absolute atomic E-state index is 9.65. The molecule has 4 rings (SSSR count). The summed E-state index contributed by atoms with van der Waals surface area (Å²) >= 11 is 0. The lowest BCUT2D eigenvalue weighted by atomic mass is 9.93. The fourth-order valence-corrected chi connectivity index (χ4v) is 4.81. The van der Waals surface area contributed by atoms with Gasteiger partial charge in [-0.25, -0.2) is 5.43 Å². The van der Waals surface area contributed by atoms with E-state index in [9.17, 15) is 5.11 Å². The van der Waals surface area contributed by atoms with Gasteiger partial charge in [0.25, 0.3) is 0 Å². The number of hydrazine groups is 1. The summed E-state index contributed by atoms with van der Waals surface area (Å²) in [5.41, 5.74) is 10.9. The fraction of sp³-hybridized carbons (Fsp3) is 0.500. The predicted molar refractivity (Wildman–Crippen MR) is 117 cm³/mol. The van der Waals surface area contributed by atoms with Gasteiger partial charge in [0.15, 0.2) is 0 Å². The third kappa shape index (κ3) is 5.05. The van der Waals surface area contributed by atoms with Gasteiger partial charge in [-0.2, -0.15) is 0 Å². The summed E-state index contributed by atoms with van der Waals surface area (Å²) in [7, 11) is 0. The number of rotatable bonds is 7. The van der Waals surface area contributed by atoms with E-state index in [0.717, 1.165) is 45.7 Å². The zero-order valence-electron chi connectivity index (χ0n) is 17.4. The minimum atomic E-state index is 0.252. The van der Waals surface area contributed by atoms with Gasteiger partial charge in [0.05, 0.1) is 6.04 Å². The molecule has 2 aromatic rings. The molecule has 0 radical (unpaired) electrons. The molecule has 5 heteroatoms. The molecule has 3 unspecified atom stereocenters. The summed E-state index contributed by atoms with van der Waals surface area (Å²) in [4.78, 5) is 5.17. The van der Waals surface area contributed by atoms with Gasteiger partial charge in [0, 0.05) is 57.8 Å². The minimum absolute atomic E-state index is 0.252. The standard InChI is InChI=1S/C24H34N4O/c1-19-7-5-6-10-21(19)17-28-13-12-27(18-23(28)11-14-29)16-22-15-25-26-24(22)20-8-3-2-4-9-20/h2-10,22-26,29H,11-18H2,1H3. The first-order valence-corrected chi connectivity index (χ1v) is 10.9. The lowest BCUT2D eigenvalue weighted by Gasteiger charge is -2.42. The lowest BCUT2D eigenvalue weighted by Crippen LogP contribution is -2.54. The molecule has 2 aromatic carbocycles. The molecule has 29 heavy (non-hydrogen) atoms. The third-order valence-electron chi connectivity index (χ3n) is 6.53. The van der Waals surface area contributed by atoms with Crippen molar-refractivity contribution in [1.29, 1.82) is 0 Å². The van der Waals surface area contributed by atoms with E-state index >= 15 is 0 Å². The minimum Gasteiger partial charge on any atom is -0.396 e. The number of aliphatic hydroxyl groups excluding tert-OH is 1. The number of piperazine rings is 1. The van der Waals surface area contributed by atoms with Crippen LogP contribution in [0, 0.1) is 12.8 Å². The van der Waals surface area contributed by atoms with Crippen LogP contribution < -0.4 is 10.9 Å². The highest BCUT2D eigenvalue weighted by atomic mass is 16.3. The highest BCUT2D eigenvalue weighted by Crippen LogP contribution is 2.27. The van der Waals surface area contributed by atoms with Crippen LogP contribution in [-0.2, 0) is 6.54 Å². The van der Waals surface area contributed by atoms with Crippen molar-refractivity contribution in [3.63, 3.8) is 0 Å². The summed E-state index contributed by atoms with van der Waals surface area (Å²) in [6.45, 7) is 8.68. The highest BCUT2D eigenvalue weighted by molar-refractivity contribution is 5.25. The number of nitrogens with one attached hydrogen (secondary N) is 2. The van der Waals surface area contributed by atoms with E-state index in [4.69, 9.17) is 0 Å². The maximum Gasteiger partial charge on any atom is 0.0515 e. The molecule has 3 atom stereocenters. The molecule has 0 spiro atoms. The first-order chi connectivity index (χ1) is 14.2. The van der Waals surface area contributed by atoms with Crippen LogP contribution in [0.5, 0.6) is 0 Å². The van der Waals surface area contributed by atoms with E-state index in [-0.39, 0.29) is 6.61 Å². The van der Waals surface area contributed by atoms with Crippen molar-refractivity contribution >= 4 is 0 Å². The third-order valence-corrected chi connectivity index (χ3v) is 6.53. The molecular weight excluding hydrogens is 360 g/mol. The Labute approximate surface area is 174 Å². The van der Waals surface area contributed by atoms with Crippen LogP contribution in [0.3, 0.4) is 0 Å². The fourth-order valence-electron chi connectivity index (χ4n) is 4.81. The van der Waals surface area contributed by atoms with Crippen LogP contribution >= 0.6 is 0 Å². The molecule has 2 saturated heterocycles. The molecule has 5 nitrogen and oxygen atoms in total. The smallest absolute Gasteiger partial charge is 0.0515 e. The zero-order valence-corrected chi connectivity index (χ0v) is 17.4. The summed E-state index contributed by atoms with van der Waals surface area (Å²) in [6, 6.07) is 20.2. The molecule has 156 valence electrons. The highest BCUT2D eigenvalue weighted by Gasteiger charge is 2.33. The monoisotopic (exact) mass is 394 g/mol. The molecule has 2 fully saturated rings. The Morgan fingerprint density at radius 3 is 2.62 bits per heavy atom. The molecule has 0 aliphatic carbocycles. The van der Waals surface area contributed by atoms with Gasteiger partial charge in [0.2, 0.25) is 0 Å². The molecule has 0 saturated carbocycles. The number of nitrogens with zero attached hydrogens (tertiary/aromatic N) is 2. The van der Waals surface area contributed by atoms with Crippen LogP contribution in [0.4, 0.5) is 0 Å². The Bertz CT molecular complexity index is 768. The van der Waals surface area contributed by atoms with Gasteiger partial charge in [-0.1, -0.05) is 54.6 Å². The summed E-state index contributed by atoms with van der Waals surface area (Å²) < 4.78 is 0. The first kappa shape index (κ1) is 20.5. The molecule has 2 aliphatic heterocycles. The van der Waals surface area contributed by atoms with E-state index in [1.165, 1.54) is 16.7 Å². The Balaban J connectivity index is 1.38. The first-order valence-electron chi connectivity index (χ1n) is 10.9. The van der Waals surface area contributed by atoms with Crippen molar-refractivity contribution < 1.29 is 5.11 Å². The van der Waals surface area contributed by atoms with E-state index in [2.05, 4.69) is 82.2 Å². The average molecular weight is 395 g/mol. The van der Waals surface area contributed by atoms with Gasteiger partial charge in [0.1, 0.15) is 0 Å². The van der Waals surface area contributed by atoms with Crippen molar-refractivity contribution in [2.45, 2.75) is 32.0 Å². The predicted octanol–water partition coefficient (Wildman–Crippen LogP) is 2.33. The van der Waals surface area contributed by atoms with Crippen LogP contribution in [-0.4, -0.2) is 60.3 Å². The van der Waals surface area contributed by atoms with E-state index in [1.54, 1.807) is 0 Å². The number of hydrogen-bond donors (Lipinski definition) is 3. The Morgan fingerprint density at radius 1 is 1.03 bits per heavy atom. The quantitative estimate of drug-likeness (QED) is 0.673. The van der Waals surface area contributed by atoms with Gasteiger partial charge in [-0.05, 0) is 30.0 Å². The molecule has 0 aromatic heterocycles. The van der Waals surface area contributed by atoms with Gasteiger partial charge in [-0.3, -0.25) is 10.3 Å². The van der Waals surface area contributed by atoms with E-state index in [0.29, 0.717) is 18.0 Å². The van der Waals surface area contributed by atoms with E-state index in [1.807, 2.05) is 0 Å². The van der Waals surface area contributed by atoms with Gasteiger partial charge < -0.3 is 10.0 Å². The number of aryl methyl sites for hydroxylation is 1. The second-order valence-electron chi connectivity index (χ2n) is 8.50. The number of aliphatic hydroxyl groups is 1. The summed E-state index contributed by atoms with van der Waals surface area (Å²) in [5.74, 6) is 0.551. The maximum atomic E-state index is 9.65. The van der Waals surface area contributed by atoms with Crippen LogP contribution in [0.25, 0.3) is 0 Å². The number of hydrogen-bond acceptors (Lipinski definition) is 5.